The van der Waals surface area contributed by atoms with Crippen LogP contribution in [0.5, 0.6) is 11.5 Å². The molecule has 0 aliphatic carbocycles. The number of thiazole rings is 1. The third-order valence-electron chi connectivity index (χ3n) is 4.20. The maximum atomic E-state index is 10.9. The molecule has 0 fully saturated rings. The Morgan fingerprint density at radius 1 is 1.26 bits per heavy atom. The predicted octanol–water partition coefficient (Wildman–Crippen LogP) is 5.47. The standard InChI is InChI=1S/C20H16ClNO4S/c21-14-9-12(10-16-19(14)26-11-25-16)8-13(4-3-7-18(23)24)20-22-15-5-1-2-6-17(15)27-20/h1-2,5-6,8-10H,3-4,7,11H2,(H,23,24). The number of rotatable bonds is 6. The molecule has 2 aromatic carbocycles. The summed E-state index contributed by atoms with van der Waals surface area (Å²) in [5.41, 5.74) is 2.78. The Bertz CT molecular complexity index is 1010. The summed E-state index contributed by atoms with van der Waals surface area (Å²) in [5, 5.41) is 10.3. The maximum Gasteiger partial charge on any atom is 0.303 e. The van der Waals surface area contributed by atoms with Crippen LogP contribution in [0.2, 0.25) is 5.02 Å². The highest BCUT2D eigenvalue weighted by molar-refractivity contribution is 7.19. The minimum absolute atomic E-state index is 0.115. The number of para-hydroxylation sites is 1. The molecule has 1 aliphatic rings. The van der Waals surface area contributed by atoms with Gasteiger partial charge >= 0.3 is 5.97 Å². The fourth-order valence-corrected chi connectivity index (χ4v) is 4.24. The third kappa shape index (κ3) is 3.91. The average molecular weight is 402 g/mol. The van der Waals surface area contributed by atoms with Gasteiger partial charge in [0.25, 0.3) is 0 Å². The Balaban J connectivity index is 1.72. The molecule has 5 nitrogen and oxygen atoms in total. The van der Waals surface area contributed by atoms with Gasteiger partial charge in [0.05, 0.1) is 15.2 Å². The number of hydrogen-bond donors (Lipinski definition) is 1. The van der Waals surface area contributed by atoms with Crippen LogP contribution in [0.4, 0.5) is 0 Å². The van der Waals surface area contributed by atoms with Gasteiger partial charge in [-0.2, -0.15) is 0 Å². The van der Waals surface area contributed by atoms with Crippen LogP contribution in [0.1, 0.15) is 29.8 Å². The molecule has 27 heavy (non-hydrogen) atoms. The van der Waals surface area contributed by atoms with E-state index in [2.05, 4.69) is 0 Å². The summed E-state index contributed by atoms with van der Waals surface area (Å²) < 4.78 is 11.9. The minimum Gasteiger partial charge on any atom is -0.481 e. The number of benzene rings is 2. The van der Waals surface area contributed by atoms with Crippen LogP contribution >= 0.6 is 22.9 Å². The Morgan fingerprint density at radius 3 is 2.93 bits per heavy atom. The molecule has 0 unspecified atom stereocenters. The van der Waals surface area contributed by atoms with Crippen molar-refractivity contribution in [3.05, 3.63) is 52.0 Å². The van der Waals surface area contributed by atoms with Crippen molar-refractivity contribution in [2.75, 3.05) is 6.79 Å². The van der Waals surface area contributed by atoms with E-state index in [-0.39, 0.29) is 13.2 Å². The summed E-state index contributed by atoms with van der Waals surface area (Å²) in [7, 11) is 0. The number of nitrogens with zero attached hydrogens (tertiary/aromatic N) is 1. The fourth-order valence-electron chi connectivity index (χ4n) is 2.95. The van der Waals surface area contributed by atoms with Gasteiger partial charge in [-0.25, -0.2) is 4.98 Å². The molecule has 1 N–H and O–H groups in total. The first-order valence-electron chi connectivity index (χ1n) is 8.47. The number of carboxylic acid groups (broad SMARTS) is 1. The normalized spacial score (nSPS) is 13.3. The Hall–Kier alpha value is -2.57. The zero-order valence-electron chi connectivity index (χ0n) is 14.3. The van der Waals surface area contributed by atoms with E-state index in [1.807, 2.05) is 42.5 Å². The third-order valence-corrected chi connectivity index (χ3v) is 5.59. The van der Waals surface area contributed by atoms with E-state index >= 15 is 0 Å². The molecule has 1 aliphatic heterocycles. The van der Waals surface area contributed by atoms with Crippen LogP contribution < -0.4 is 9.47 Å². The summed E-state index contributed by atoms with van der Waals surface area (Å²) in [5.74, 6) is 0.369. The second-order valence-electron chi connectivity index (χ2n) is 6.14. The summed E-state index contributed by atoms with van der Waals surface area (Å²) in [4.78, 5) is 15.6. The Kier molecular flexibility index (Phi) is 5.01. The molecule has 0 amide bonds. The number of aromatic nitrogens is 1. The molecule has 3 aromatic rings. The molecule has 0 bridgehead atoms. The van der Waals surface area contributed by atoms with E-state index in [4.69, 9.17) is 31.2 Å². The molecule has 4 rings (SSSR count). The van der Waals surface area contributed by atoms with Gasteiger partial charge in [0.15, 0.2) is 11.5 Å². The molecule has 2 heterocycles. The first kappa shape index (κ1) is 17.8. The lowest BCUT2D eigenvalue weighted by atomic mass is 10.0. The molecular formula is C20H16ClNO4S. The number of carbonyl (C=O) groups is 1. The van der Waals surface area contributed by atoms with Crippen molar-refractivity contribution in [3.8, 4) is 11.5 Å². The number of allylic oxidation sites excluding steroid dienone is 1. The summed E-state index contributed by atoms with van der Waals surface area (Å²) in [6.45, 7) is 0.158. The van der Waals surface area contributed by atoms with E-state index in [1.54, 1.807) is 11.3 Å². The maximum absolute atomic E-state index is 10.9. The van der Waals surface area contributed by atoms with Crippen molar-refractivity contribution in [1.82, 2.24) is 4.98 Å². The van der Waals surface area contributed by atoms with Crippen LogP contribution in [-0.2, 0) is 4.79 Å². The van der Waals surface area contributed by atoms with E-state index in [9.17, 15) is 4.79 Å². The summed E-state index contributed by atoms with van der Waals surface area (Å²) in [6.07, 6.45) is 3.26. The van der Waals surface area contributed by atoms with Crippen molar-refractivity contribution in [2.24, 2.45) is 0 Å². The SMILES string of the molecule is O=C(O)CCCC(=Cc1cc(Cl)c2c(c1)OCO2)c1nc2ccccc2s1. The van der Waals surface area contributed by atoms with E-state index in [1.165, 1.54) is 0 Å². The molecule has 0 spiro atoms. The molecule has 1 aromatic heterocycles. The van der Waals surface area contributed by atoms with Crippen LogP contribution in [0.3, 0.4) is 0 Å². The minimum atomic E-state index is -0.801. The second-order valence-corrected chi connectivity index (χ2v) is 7.58. The van der Waals surface area contributed by atoms with Gasteiger partial charge in [-0.1, -0.05) is 23.7 Å². The molecule has 7 heteroatoms. The quantitative estimate of drug-likeness (QED) is 0.592. The zero-order chi connectivity index (χ0) is 18.8. The first-order chi connectivity index (χ1) is 13.1. The summed E-state index contributed by atoms with van der Waals surface area (Å²) in [6, 6.07) is 11.6. The van der Waals surface area contributed by atoms with E-state index in [0.717, 1.165) is 26.4 Å². The van der Waals surface area contributed by atoms with Gasteiger partial charge in [-0.05, 0) is 54.3 Å². The molecule has 0 atom stereocenters. The van der Waals surface area contributed by atoms with Crippen molar-refractivity contribution in [1.29, 1.82) is 0 Å². The number of carboxylic acids is 1. The highest BCUT2D eigenvalue weighted by atomic mass is 35.5. The summed E-state index contributed by atoms with van der Waals surface area (Å²) >= 11 is 7.89. The fraction of sp³-hybridized carbons (Fsp3) is 0.200. The van der Waals surface area contributed by atoms with Gasteiger partial charge in [0.1, 0.15) is 5.01 Å². The monoisotopic (exact) mass is 401 g/mol. The number of hydrogen-bond acceptors (Lipinski definition) is 5. The van der Waals surface area contributed by atoms with Crippen molar-refractivity contribution >= 4 is 50.8 Å². The van der Waals surface area contributed by atoms with Gasteiger partial charge in [0, 0.05) is 6.42 Å². The second kappa shape index (κ2) is 7.58. The zero-order valence-corrected chi connectivity index (χ0v) is 15.8. The lowest BCUT2D eigenvalue weighted by Gasteiger charge is -2.06. The topological polar surface area (TPSA) is 68.7 Å². The molecule has 0 saturated carbocycles. The van der Waals surface area contributed by atoms with Gasteiger partial charge in [-0.15, -0.1) is 11.3 Å². The number of halogens is 1. The van der Waals surface area contributed by atoms with Crippen LogP contribution in [-0.4, -0.2) is 22.9 Å². The van der Waals surface area contributed by atoms with Crippen LogP contribution in [0.15, 0.2) is 36.4 Å². The lowest BCUT2D eigenvalue weighted by molar-refractivity contribution is -0.137. The van der Waals surface area contributed by atoms with Crippen molar-refractivity contribution < 1.29 is 19.4 Å². The van der Waals surface area contributed by atoms with Crippen molar-refractivity contribution in [3.63, 3.8) is 0 Å². The van der Waals surface area contributed by atoms with Gasteiger partial charge in [0.2, 0.25) is 6.79 Å². The molecule has 0 saturated heterocycles. The molecule has 138 valence electrons. The lowest BCUT2D eigenvalue weighted by Crippen LogP contribution is -1.94. The predicted molar refractivity (Wildman–Crippen MR) is 107 cm³/mol. The number of aliphatic carboxylic acids is 1. The largest absolute Gasteiger partial charge is 0.481 e. The van der Waals surface area contributed by atoms with E-state index in [0.29, 0.717) is 29.4 Å². The van der Waals surface area contributed by atoms with E-state index < -0.39 is 5.97 Å². The van der Waals surface area contributed by atoms with Crippen LogP contribution in [0, 0.1) is 0 Å². The molecule has 0 radical (unpaired) electrons. The van der Waals surface area contributed by atoms with Crippen molar-refractivity contribution in [2.45, 2.75) is 19.3 Å². The average Bonchev–Trinajstić information content (AvgIpc) is 3.27. The van der Waals surface area contributed by atoms with Crippen LogP contribution in [0.25, 0.3) is 21.9 Å². The highest BCUT2D eigenvalue weighted by Crippen LogP contribution is 2.41. The highest BCUT2D eigenvalue weighted by Gasteiger charge is 2.18. The Labute approximate surface area is 164 Å². The smallest absolute Gasteiger partial charge is 0.303 e. The van der Waals surface area contributed by atoms with Gasteiger partial charge in [-0.3, -0.25) is 4.79 Å². The first-order valence-corrected chi connectivity index (χ1v) is 9.67. The van der Waals surface area contributed by atoms with Gasteiger partial charge < -0.3 is 14.6 Å². The number of fused-ring (bicyclic) bond motifs is 2. The Morgan fingerprint density at radius 2 is 2.11 bits per heavy atom. The molecular weight excluding hydrogens is 386 g/mol. The number of ether oxygens (including phenoxy) is 2.